The number of amides is 1. The molecule has 1 unspecified atom stereocenters. The van der Waals surface area contributed by atoms with Crippen LogP contribution in [0.5, 0.6) is 11.5 Å². The summed E-state index contributed by atoms with van der Waals surface area (Å²) in [5.41, 5.74) is 1.15. The Morgan fingerprint density at radius 1 is 1.06 bits per heavy atom. The molecule has 0 radical (unpaired) electrons. The molecule has 3 rings (SSSR count). The molecule has 0 aliphatic carbocycles. The Morgan fingerprint density at radius 3 is 2.19 bits per heavy atom. The number of rotatable bonds is 8. The third kappa shape index (κ3) is 5.84. The molecule has 1 aliphatic heterocycles. The highest BCUT2D eigenvalue weighted by atomic mass is 35.5. The number of hydrogen-bond acceptors (Lipinski definition) is 5. The van der Waals surface area contributed by atoms with Gasteiger partial charge in [-0.1, -0.05) is 35.3 Å². The van der Waals surface area contributed by atoms with Crippen LogP contribution in [0.4, 0.5) is 0 Å². The van der Waals surface area contributed by atoms with E-state index in [0.29, 0.717) is 25.4 Å². The average molecular weight is 486 g/mol. The van der Waals surface area contributed by atoms with Gasteiger partial charge in [-0.3, -0.25) is 4.79 Å². The molecule has 31 heavy (non-hydrogen) atoms. The van der Waals surface area contributed by atoms with Crippen molar-refractivity contribution in [1.82, 2.24) is 4.90 Å². The van der Waals surface area contributed by atoms with Crippen LogP contribution in [0, 0.1) is 0 Å². The van der Waals surface area contributed by atoms with Crippen molar-refractivity contribution in [3.8, 4) is 11.5 Å². The van der Waals surface area contributed by atoms with Crippen molar-refractivity contribution in [2.45, 2.75) is 32.9 Å². The number of benzene rings is 2. The minimum Gasteiger partial charge on any atom is -0.494 e. The molecule has 2 aromatic rings. The Morgan fingerprint density at radius 2 is 1.68 bits per heavy atom. The Balaban J connectivity index is 1.91. The standard InChI is InChI=1S/C22H25Cl2NO5S/c1-3-29-18-7-5-15(6-8-18)13-25(17-9-10-31(27,28)14-17)22(26)16-11-19(23)21(30-4-2)20(24)12-16/h5-8,11-12,17H,3-4,9-10,13-14H2,1-2H3. The van der Waals surface area contributed by atoms with Crippen LogP contribution >= 0.6 is 23.2 Å². The summed E-state index contributed by atoms with van der Waals surface area (Å²) in [7, 11) is -3.18. The number of sulfone groups is 1. The molecular weight excluding hydrogens is 461 g/mol. The molecule has 0 saturated carbocycles. The largest absolute Gasteiger partial charge is 0.494 e. The summed E-state index contributed by atoms with van der Waals surface area (Å²) in [6.45, 7) is 4.92. The molecule has 1 heterocycles. The smallest absolute Gasteiger partial charge is 0.254 e. The van der Waals surface area contributed by atoms with Crippen LogP contribution < -0.4 is 9.47 Å². The van der Waals surface area contributed by atoms with Crippen LogP contribution in [-0.2, 0) is 16.4 Å². The molecule has 0 bridgehead atoms. The second-order valence-corrected chi connectivity index (χ2v) is 10.3. The molecule has 1 atom stereocenters. The lowest BCUT2D eigenvalue weighted by molar-refractivity contribution is 0.0681. The Bertz CT molecular complexity index is 1020. The summed E-state index contributed by atoms with van der Waals surface area (Å²) in [5, 5.41) is 0.468. The summed E-state index contributed by atoms with van der Waals surface area (Å²) in [6.07, 6.45) is 0.392. The minimum atomic E-state index is -3.18. The predicted molar refractivity (Wildman–Crippen MR) is 122 cm³/mol. The lowest BCUT2D eigenvalue weighted by Gasteiger charge is -2.29. The maximum Gasteiger partial charge on any atom is 0.254 e. The first-order valence-electron chi connectivity index (χ1n) is 10.1. The van der Waals surface area contributed by atoms with Gasteiger partial charge in [0.15, 0.2) is 15.6 Å². The normalized spacial score (nSPS) is 17.4. The van der Waals surface area contributed by atoms with E-state index >= 15 is 0 Å². The monoisotopic (exact) mass is 485 g/mol. The van der Waals surface area contributed by atoms with E-state index in [1.165, 1.54) is 12.1 Å². The van der Waals surface area contributed by atoms with Crippen LogP contribution in [-0.4, -0.2) is 50.0 Å². The van der Waals surface area contributed by atoms with Crippen LogP contribution in [0.1, 0.15) is 36.2 Å². The molecule has 1 saturated heterocycles. The zero-order chi connectivity index (χ0) is 22.6. The molecule has 168 valence electrons. The highest BCUT2D eigenvalue weighted by Gasteiger charge is 2.35. The van der Waals surface area contributed by atoms with Gasteiger partial charge < -0.3 is 14.4 Å². The first-order valence-corrected chi connectivity index (χ1v) is 12.7. The van der Waals surface area contributed by atoms with Gasteiger partial charge >= 0.3 is 0 Å². The summed E-state index contributed by atoms with van der Waals surface area (Å²) >= 11 is 12.6. The lowest BCUT2D eigenvalue weighted by Crippen LogP contribution is -2.40. The van der Waals surface area contributed by atoms with E-state index in [1.807, 2.05) is 38.1 Å². The Labute approximate surface area is 193 Å². The molecular formula is C22H25Cl2NO5S. The third-order valence-corrected chi connectivity index (χ3v) is 7.34. The van der Waals surface area contributed by atoms with E-state index in [4.69, 9.17) is 32.7 Å². The van der Waals surface area contributed by atoms with Crippen LogP contribution in [0.25, 0.3) is 0 Å². The molecule has 6 nitrogen and oxygen atoms in total. The van der Waals surface area contributed by atoms with Crippen molar-refractivity contribution in [3.05, 3.63) is 57.6 Å². The van der Waals surface area contributed by atoms with Gasteiger partial charge in [0, 0.05) is 18.2 Å². The molecule has 2 aromatic carbocycles. The van der Waals surface area contributed by atoms with Gasteiger partial charge in [-0.15, -0.1) is 0 Å². The number of carbonyl (C=O) groups excluding carboxylic acids is 1. The third-order valence-electron chi connectivity index (χ3n) is 5.03. The van der Waals surface area contributed by atoms with Crippen molar-refractivity contribution < 1.29 is 22.7 Å². The van der Waals surface area contributed by atoms with Crippen molar-refractivity contribution in [3.63, 3.8) is 0 Å². The van der Waals surface area contributed by atoms with E-state index in [2.05, 4.69) is 0 Å². The van der Waals surface area contributed by atoms with Gasteiger partial charge in [-0.05, 0) is 50.1 Å². The fraction of sp³-hybridized carbons (Fsp3) is 0.409. The van der Waals surface area contributed by atoms with Gasteiger partial charge in [-0.2, -0.15) is 0 Å². The van der Waals surface area contributed by atoms with Gasteiger partial charge in [0.1, 0.15) is 5.75 Å². The zero-order valence-electron chi connectivity index (χ0n) is 17.4. The topological polar surface area (TPSA) is 72.9 Å². The quantitative estimate of drug-likeness (QED) is 0.545. The first kappa shape index (κ1) is 23.7. The van der Waals surface area contributed by atoms with Crippen molar-refractivity contribution in [2.75, 3.05) is 24.7 Å². The van der Waals surface area contributed by atoms with Gasteiger partial charge in [0.2, 0.25) is 0 Å². The molecule has 0 aromatic heterocycles. The Kier molecular flexibility index (Phi) is 7.73. The highest BCUT2D eigenvalue weighted by molar-refractivity contribution is 7.91. The minimum absolute atomic E-state index is 0.0612. The zero-order valence-corrected chi connectivity index (χ0v) is 19.8. The Hall–Kier alpha value is -1.96. The van der Waals surface area contributed by atoms with E-state index in [9.17, 15) is 13.2 Å². The first-order chi connectivity index (χ1) is 14.7. The van der Waals surface area contributed by atoms with Crippen LogP contribution in [0.3, 0.4) is 0 Å². The lowest BCUT2D eigenvalue weighted by atomic mass is 10.1. The molecule has 9 heteroatoms. The molecule has 1 fully saturated rings. The van der Waals surface area contributed by atoms with Gasteiger partial charge in [0.25, 0.3) is 5.91 Å². The van der Waals surface area contributed by atoms with Crippen molar-refractivity contribution in [2.24, 2.45) is 0 Å². The summed E-state index contributed by atoms with van der Waals surface area (Å²) in [6, 6.07) is 9.99. The van der Waals surface area contributed by atoms with E-state index in [-0.39, 0.29) is 39.6 Å². The molecule has 1 amide bonds. The number of hydrogen-bond donors (Lipinski definition) is 0. The highest BCUT2D eigenvalue weighted by Crippen LogP contribution is 2.35. The molecule has 1 aliphatic rings. The maximum atomic E-state index is 13.4. The number of halogens is 2. The van der Waals surface area contributed by atoms with Crippen LogP contribution in [0.15, 0.2) is 36.4 Å². The van der Waals surface area contributed by atoms with E-state index < -0.39 is 15.9 Å². The van der Waals surface area contributed by atoms with Crippen LogP contribution in [0.2, 0.25) is 10.0 Å². The summed E-state index contributed by atoms with van der Waals surface area (Å²) < 4.78 is 35.1. The number of ether oxygens (including phenoxy) is 2. The van der Waals surface area contributed by atoms with E-state index in [1.54, 1.807) is 4.90 Å². The van der Waals surface area contributed by atoms with Gasteiger partial charge in [-0.25, -0.2) is 8.42 Å². The fourth-order valence-corrected chi connectivity index (χ4v) is 5.90. The number of carbonyl (C=O) groups is 1. The second kappa shape index (κ2) is 10.1. The SMILES string of the molecule is CCOc1ccc(CN(C(=O)c2cc(Cl)c(OCC)c(Cl)c2)C2CCS(=O)(=O)C2)cc1. The number of nitrogens with zero attached hydrogens (tertiary/aromatic N) is 1. The summed E-state index contributed by atoms with van der Waals surface area (Å²) in [5.74, 6) is 0.730. The van der Waals surface area contributed by atoms with Gasteiger partial charge in [0.05, 0.1) is 34.8 Å². The maximum absolute atomic E-state index is 13.4. The fourth-order valence-electron chi connectivity index (χ4n) is 3.57. The van der Waals surface area contributed by atoms with Crippen molar-refractivity contribution >= 4 is 38.9 Å². The predicted octanol–water partition coefficient (Wildman–Crippen LogP) is 4.62. The molecule has 0 N–H and O–H groups in total. The molecule has 0 spiro atoms. The second-order valence-electron chi connectivity index (χ2n) is 7.27. The van der Waals surface area contributed by atoms with Crippen molar-refractivity contribution in [1.29, 1.82) is 0 Å². The summed E-state index contributed by atoms with van der Waals surface area (Å²) in [4.78, 5) is 15.0. The average Bonchev–Trinajstić information content (AvgIpc) is 3.09. The van der Waals surface area contributed by atoms with E-state index in [0.717, 1.165) is 11.3 Å².